The zero-order valence-electron chi connectivity index (χ0n) is 8.83. The largest absolute Gasteiger partial charge is 0.346 e. The summed E-state index contributed by atoms with van der Waals surface area (Å²) in [6, 6.07) is 2.08. The van der Waals surface area contributed by atoms with Crippen LogP contribution in [0.3, 0.4) is 0 Å². The van der Waals surface area contributed by atoms with Crippen LogP contribution < -0.4 is 11.0 Å². The molecule has 1 saturated carbocycles. The molecule has 16 heavy (non-hydrogen) atoms. The molecule has 82 valence electrons. The van der Waals surface area contributed by atoms with E-state index in [1.165, 1.54) is 36.2 Å². The number of hydrogen-bond acceptors (Lipinski definition) is 4. The summed E-state index contributed by atoms with van der Waals surface area (Å²) < 4.78 is 0. The molecule has 0 spiro atoms. The van der Waals surface area contributed by atoms with Crippen LogP contribution in [0.15, 0.2) is 23.0 Å². The van der Waals surface area contributed by atoms with E-state index < -0.39 is 0 Å². The molecule has 3 N–H and O–H groups in total. The number of hydrogen-bond donors (Lipinski definition) is 3. The molecule has 3 aliphatic rings. The summed E-state index contributed by atoms with van der Waals surface area (Å²) in [5, 5.41) is 1.96. The lowest BCUT2D eigenvalue weighted by Crippen LogP contribution is -2.38. The molecular weight excluding hydrogens is 202 g/mol. The number of aliphatic imine (C=N–C) groups is 1. The van der Waals surface area contributed by atoms with Gasteiger partial charge in [0.1, 0.15) is 12.2 Å². The minimum atomic E-state index is 0.682. The van der Waals surface area contributed by atoms with Crippen LogP contribution >= 0.6 is 0 Å². The molecule has 1 aliphatic carbocycles. The van der Waals surface area contributed by atoms with Crippen LogP contribution in [0.2, 0.25) is 0 Å². The molecule has 2 aliphatic heterocycles. The predicted octanol–water partition coefficient (Wildman–Crippen LogP) is 1.48. The van der Waals surface area contributed by atoms with Crippen LogP contribution in [-0.4, -0.2) is 16.3 Å². The highest BCUT2D eigenvalue weighted by molar-refractivity contribution is 5.87. The van der Waals surface area contributed by atoms with Gasteiger partial charge in [0.05, 0.1) is 11.4 Å². The van der Waals surface area contributed by atoms with Crippen molar-refractivity contribution in [2.75, 3.05) is 0 Å². The van der Waals surface area contributed by atoms with Gasteiger partial charge < -0.3 is 10.4 Å². The molecule has 0 aromatic carbocycles. The predicted molar refractivity (Wildman–Crippen MR) is 61.3 cm³/mol. The first kappa shape index (κ1) is 8.41. The quantitative estimate of drug-likeness (QED) is 0.665. The van der Waals surface area contributed by atoms with E-state index in [2.05, 4.69) is 27.0 Å². The fourth-order valence-electron chi connectivity index (χ4n) is 2.49. The van der Waals surface area contributed by atoms with Gasteiger partial charge in [0.2, 0.25) is 0 Å². The van der Waals surface area contributed by atoms with Crippen LogP contribution in [-0.2, 0) is 0 Å². The molecule has 0 amide bonds. The van der Waals surface area contributed by atoms with Crippen molar-refractivity contribution in [3.63, 3.8) is 0 Å². The summed E-state index contributed by atoms with van der Waals surface area (Å²) >= 11 is 0. The van der Waals surface area contributed by atoms with Crippen LogP contribution in [0.5, 0.6) is 0 Å². The van der Waals surface area contributed by atoms with Gasteiger partial charge in [-0.1, -0.05) is 6.42 Å². The zero-order chi connectivity index (χ0) is 10.5. The minimum absolute atomic E-state index is 0.682. The number of nitrogens with zero attached hydrogens (tertiary/aromatic N) is 2. The van der Waals surface area contributed by atoms with E-state index in [4.69, 9.17) is 0 Å². The average molecular weight is 215 g/mol. The summed E-state index contributed by atoms with van der Waals surface area (Å²) in [6.07, 6.45) is 7.68. The first-order valence-corrected chi connectivity index (χ1v) is 5.70. The van der Waals surface area contributed by atoms with Crippen LogP contribution in [0.25, 0.3) is 5.70 Å². The fraction of sp³-hybridized carbons (Fsp3) is 0.364. The second kappa shape index (κ2) is 2.89. The summed E-state index contributed by atoms with van der Waals surface area (Å²) in [5.41, 5.74) is 10.1. The van der Waals surface area contributed by atoms with E-state index in [1.54, 1.807) is 0 Å². The molecule has 0 unspecified atom stereocenters. The van der Waals surface area contributed by atoms with Gasteiger partial charge in [-0.15, -0.1) is 5.53 Å². The Balaban J connectivity index is 1.87. The lowest BCUT2D eigenvalue weighted by Gasteiger charge is -2.27. The second-order valence-electron chi connectivity index (χ2n) is 4.48. The maximum Gasteiger partial charge on any atom is 0.141 e. The number of aromatic amines is 1. The third kappa shape index (κ3) is 0.957. The van der Waals surface area contributed by atoms with Gasteiger partial charge in [0, 0.05) is 17.7 Å². The van der Waals surface area contributed by atoms with Gasteiger partial charge in [0.25, 0.3) is 0 Å². The van der Waals surface area contributed by atoms with Crippen LogP contribution in [0.4, 0.5) is 5.82 Å². The SMILES string of the molecule is C1=Nc2[nH]ccc2C2=C(C3CCC3)NNN12. The molecule has 0 bridgehead atoms. The van der Waals surface area contributed by atoms with E-state index in [0.29, 0.717) is 5.92 Å². The molecular formula is C11H13N5. The van der Waals surface area contributed by atoms with E-state index in [0.717, 1.165) is 5.82 Å². The maximum atomic E-state index is 4.34. The lowest BCUT2D eigenvalue weighted by atomic mass is 9.82. The second-order valence-corrected chi connectivity index (χ2v) is 4.48. The van der Waals surface area contributed by atoms with E-state index in [9.17, 15) is 0 Å². The summed E-state index contributed by atoms with van der Waals surface area (Å²) in [4.78, 5) is 7.49. The van der Waals surface area contributed by atoms with Gasteiger partial charge >= 0.3 is 0 Å². The van der Waals surface area contributed by atoms with Gasteiger partial charge in [-0.25, -0.2) is 10.0 Å². The number of allylic oxidation sites excluding steroid dienone is 1. The Morgan fingerprint density at radius 1 is 1.38 bits per heavy atom. The molecule has 0 saturated heterocycles. The highest BCUT2D eigenvalue weighted by Gasteiger charge is 2.34. The van der Waals surface area contributed by atoms with Gasteiger partial charge in [-0.05, 0) is 18.9 Å². The van der Waals surface area contributed by atoms with E-state index in [-0.39, 0.29) is 0 Å². The minimum Gasteiger partial charge on any atom is -0.346 e. The van der Waals surface area contributed by atoms with Crippen molar-refractivity contribution in [1.29, 1.82) is 0 Å². The molecule has 1 aromatic rings. The standard InChI is InChI=1S/C11H13N5/c1-2-7(3-1)9-10-8-4-5-12-11(8)13-6-16(10)15-14-9/h4-7,12,14-15H,1-3H2. The van der Waals surface area contributed by atoms with E-state index >= 15 is 0 Å². The van der Waals surface area contributed by atoms with Crippen molar-refractivity contribution in [1.82, 2.24) is 21.0 Å². The third-order valence-electron chi connectivity index (χ3n) is 3.60. The van der Waals surface area contributed by atoms with Gasteiger partial charge in [-0.3, -0.25) is 0 Å². The Bertz CT molecular complexity index is 494. The van der Waals surface area contributed by atoms with Crippen LogP contribution in [0.1, 0.15) is 24.8 Å². The van der Waals surface area contributed by atoms with Crippen molar-refractivity contribution in [2.24, 2.45) is 10.9 Å². The van der Waals surface area contributed by atoms with Gasteiger partial charge in [-0.2, -0.15) is 0 Å². The molecule has 1 aromatic heterocycles. The Hall–Kier alpha value is -1.75. The molecule has 0 atom stereocenters. The van der Waals surface area contributed by atoms with Gasteiger partial charge in [0.15, 0.2) is 0 Å². The third-order valence-corrected chi connectivity index (χ3v) is 3.60. The van der Waals surface area contributed by atoms with Crippen molar-refractivity contribution in [2.45, 2.75) is 19.3 Å². The Morgan fingerprint density at radius 3 is 3.12 bits per heavy atom. The molecule has 5 nitrogen and oxygen atoms in total. The lowest BCUT2D eigenvalue weighted by molar-refractivity contribution is 0.337. The number of H-pyrrole nitrogens is 1. The monoisotopic (exact) mass is 215 g/mol. The fourth-order valence-corrected chi connectivity index (χ4v) is 2.49. The normalized spacial score (nSPS) is 22.9. The number of fused-ring (bicyclic) bond motifs is 3. The molecule has 1 fully saturated rings. The first-order valence-electron chi connectivity index (χ1n) is 5.70. The first-order chi connectivity index (χ1) is 7.93. The average Bonchev–Trinajstić information content (AvgIpc) is 2.79. The molecule has 4 rings (SSSR count). The highest BCUT2D eigenvalue weighted by Crippen LogP contribution is 2.41. The summed E-state index contributed by atoms with van der Waals surface area (Å²) in [6.45, 7) is 0. The topological polar surface area (TPSA) is 55.5 Å². The van der Waals surface area contributed by atoms with Crippen molar-refractivity contribution in [3.8, 4) is 0 Å². The number of aromatic nitrogens is 1. The maximum absolute atomic E-state index is 4.34. The Morgan fingerprint density at radius 2 is 2.31 bits per heavy atom. The van der Waals surface area contributed by atoms with Crippen molar-refractivity contribution >= 4 is 17.9 Å². The number of nitrogens with one attached hydrogen (secondary N) is 3. The van der Waals surface area contributed by atoms with Crippen molar-refractivity contribution < 1.29 is 0 Å². The molecule has 0 radical (unpaired) electrons. The highest BCUT2D eigenvalue weighted by atomic mass is 15.7. The van der Waals surface area contributed by atoms with Crippen LogP contribution in [0, 0.1) is 5.92 Å². The smallest absolute Gasteiger partial charge is 0.141 e. The summed E-state index contributed by atoms with van der Waals surface area (Å²) in [5.74, 6) is 1.63. The molecule has 3 heterocycles. The molecule has 5 heteroatoms. The van der Waals surface area contributed by atoms with E-state index in [1.807, 2.05) is 17.5 Å². The summed E-state index contributed by atoms with van der Waals surface area (Å²) in [7, 11) is 0. The Labute approximate surface area is 93.2 Å². The van der Waals surface area contributed by atoms with Crippen molar-refractivity contribution in [3.05, 3.63) is 23.5 Å². The zero-order valence-corrected chi connectivity index (χ0v) is 8.83. The Kier molecular flexibility index (Phi) is 1.52. The number of rotatable bonds is 1. The number of hydrazine groups is 2.